The Labute approximate surface area is 192 Å². The van der Waals surface area contributed by atoms with Gasteiger partial charge in [-0.15, -0.1) is 0 Å². The van der Waals surface area contributed by atoms with Gasteiger partial charge >= 0.3 is 6.18 Å². The minimum atomic E-state index is -4.69. The summed E-state index contributed by atoms with van der Waals surface area (Å²) in [5, 5.41) is 0. The summed E-state index contributed by atoms with van der Waals surface area (Å²) in [5.74, 6) is -0.182. The summed E-state index contributed by atoms with van der Waals surface area (Å²) >= 11 is 0. The van der Waals surface area contributed by atoms with Gasteiger partial charge in [0, 0.05) is 45.3 Å². The number of carbonyl (C=O) groups excluding carboxylic acids is 1. The van der Waals surface area contributed by atoms with Crippen molar-refractivity contribution in [3.8, 4) is 0 Å². The number of piperazine rings is 1. The average molecular weight is 484 g/mol. The van der Waals surface area contributed by atoms with Crippen LogP contribution in [0.1, 0.15) is 26.3 Å². The second kappa shape index (κ2) is 9.62. The fraction of sp³-hybridized carbons (Fsp3) is 0.435. The summed E-state index contributed by atoms with van der Waals surface area (Å²) in [7, 11) is -4.24. The molecule has 1 fully saturated rings. The lowest BCUT2D eigenvalue weighted by atomic mass is 10.1. The van der Waals surface area contributed by atoms with E-state index in [-0.39, 0.29) is 29.0 Å². The standard InChI is InChI=1S/C23H28F3N3O3S/c1-17(2)16-29(22-7-5-4-6-21(22)23(24,25)26)33(31,32)20-10-8-19(9-11-20)28-14-12-27(13-15-28)18(3)30/h4-11,17H,12-16H2,1-3H3. The second-order valence-electron chi connectivity index (χ2n) is 8.43. The molecule has 0 N–H and O–H groups in total. The lowest BCUT2D eigenvalue weighted by Gasteiger charge is -2.35. The van der Waals surface area contributed by atoms with E-state index >= 15 is 0 Å². The minimum Gasteiger partial charge on any atom is -0.368 e. The number of halogens is 3. The smallest absolute Gasteiger partial charge is 0.368 e. The van der Waals surface area contributed by atoms with Crippen LogP contribution in [0, 0.1) is 5.92 Å². The summed E-state index contributed by atoms with van der Waals surface area (Å²) in [6.45, 7) is 7.32. The molecule has 1 heterocycles. The Morgan fingerprint density at radius 1 is 1.00 bits per heavy atom. The summed E-state index contributed by atoms with van der Waals surface area (Å²) < 4.78 is 68.6. The summed E-state index contributed by atoms with van der Waals surface area (Å²) in [5.41, 5.74) is -0.583. The third kappa shape index (κ3) is 5.61. The van der Waals surface area contributed by atoms with Crippen LogP contribution in [0.3, 0.4) is 0 Å². The first kappa shape index (κ1) is 24.9. The predicted octanol–water partition coefficient (Wildman–Crippen LogP) is 4.23. The Morgan fingerprint density at radius 2 is 1.58 bits per heavy atom. The molecule has 2 aromatic rings. The van der Waals surface area contributed by atoms with Gasteiger partial charge in [-0.3, -0.25) is 9.10 Å². The number of amides is 1. The molecule has 10 heteroatoms. The molecule has 0 unspecified atom stereocenters. The highest BCUT2D eigenvalue weighted by atomic mass is 32.2. The van der Waals surface area contributed by atoms with Crippen LogP contribution in [0.15, 0.2) is 53.4 Å². The molecule has 0 radical (unpaired) electrons. The van der Waals surface area contributed by atoms with Gasteiger partial charge in [-0.2, -0.15) is 13.2 Å². The van der Waals surface area contributed by atoms with Crippen molar-refractivity contribution in [2.75, 3.05) is 41.9 Å². The van der Waals surface area contributed by atoms with Gasteiger partial charge in [0.05, 0.1) is 16.1 Å². The Kier molecular flexibility index (Phi) is 7.26. The first-order valence-corrected chi connectivity index (χ1v) is 12.1. The summed E-state index contributed by atoms with van der Waals surface area (Å²) in [6, 6.07) is 10.9. The Bertz CT molecular complexity index is 1080. The highest BCUT2D eigenvalue weighted by molar-refractivity contribution is 7.92. The van der Waals surface area contributed by atoms with E-state index < -0.39 is 21.8 Å². The van der Waals surface area contributed by atoms with Crippen LogP contribution >= 0.6 is 0 Å². The van der Waals surface area contributed by atoms with Crippen LogP contribution in [0.25, 0.3) is 0 Å². The lowest BCUT2D eigenvalue weighted by Crippen LogP contribution is -2.48. The van der Waals surface area contributed by atoms with Crippen LogP contribution in [0.5, 0.6) is 0 Å². The quantitative estimate of drug-likeness (QED) is 0.617. The van der Waals surface area contributed by atoms with Gasteiger partial charge in [0.25, 0.3) is 10.0 Å². The zero-order valence-electron chi connectivity index (χ0n) is 18.8. The topological polar surface area (TPSA) is 60.9 Å². The van der Waals surface area contributed by atoms with Gasteiger partial charge in [0.1, 0.15) is 0 Å². The van der Waals surface area contributed by atoms with Crippen molar-refractivity contribution < 1.29 is 26.4 Å². The molecule has 0 saturated carbocycles. The van der Waals surface area contributed by atoms with Gasteiger partial charge in [-0.05, 0) is 42.3 Å². The molecular weight excluding hydrogens is 455 g/mol. The van der Waals surface area contributed by atoms with Crippen molar-refractivity contribution in [1.29, 1.82) is 0 Å². The molecule has 0 aliphatic carbocycles. The fourth-order valence-corrected chi connectivity index (χ4v) is 5.47. The SMILES string of the molecule is CC(=O)N1CCN(c2ccc(S(=O)(=O)N(CC(C)C)c3ccccc3C(F)(F)F)cc2)CC1. The summed E-state index contributed by atoms with van der Waals surface area (Å²) in [6.07, 6.45) is -4.69. The molecule has 1 aliphatic heterocycles. The average Bonchev–Trinajstić information content (AvgIpc) is 2.77. The van der Waals surface area contributed by atoms with Crippen LogP contribution in [0.2, 0.25) is 0 Å². The number of para-hydroxylation sites is 1. The Balaban J connectivity index is 1.92. The van der Waals surface area contributed by atoms with Crippen molar-refractivity contribution in [2.24, 2.45) is 5.92 Å². The molecule has 1 amide bonds. The summed E-state index contributed by atoms with van der Waals surface area (Å²) in [4.78, 5) is 15.2. The monoisotopic (exact) mass is 483 g/mol. The van der Waals surface area contributed by atoms with E-state index in [0.717, 1.165) is 16.1 Å². The molecular formula is C23H28F3N3O3S. The number of carbonyl (C=O) groups is 1. The number of rotatable bonds is 6. The Hall–Kier alpha value is -2.75. The molecule has 0 spiro atoms. The number of hydrogen-bond donors (Lipinski definition) is 0. The van der Waals surface area contributed by atoms with Crippen molar-refractivity contribution >= 4 is 27.3 Å². The van der Waals surface area contributed by atoms with Crippen LogP contribution < -0.4 is 9.21 Å². The van der Waals surface area contributed by atoms with Crippen molar-refractivity contribution in [2.45, 2.75) is 31.8 Å². The van der Waals surface area contributed by atoms with Crippen molar-refractivity contribution in [3.05, 3.63) is 54.1 Å². The predicted molar refractivity (Wildman–Crippen MR) is 122 cm³/mol. The normalized spacial score (nSPS) is 15.1. The van der Waals surface area contributed by atoms with E-state index in [4.69, 9.17) is 0 Å². The van der Waals surface area contributed by atoms with E-state index in [1.807, 2.05) is 4.90 Å². The largest absolute Gasteiger partial charge is 0.418 e. The van der Waals surface area contributed by atoms with Gasteiger partial charge in [0.2, 0.25) is 5.91 Å². The highest BCUT2D eigenvalue weighted by Gasteiger charge is 2.37. The minimum absolute atomic E-state index is 0.0143. The zero-order valence-corrected chi connectivity index (χ0v) is 19.7. The number of alkyl halides is 3. The number of benzene rings is 2. The first-order valence-electron chi connectivity index (χ1n) is 10.7. The van der Waals surface area contributed by atoms with Crippen LogP contribution in [-0.2, 0) is 21.0 Å². The van der Waals surface area contributed by atoms with Gasteiger partial charge in [-0.1, -0.05) is 26.0 Å². The number of nitrogens with zero attached hydrogens (tertiary/aromatic N) is 3. The van der Waals surface area contributed by atoms with Gasteiger partial charge in [-0.25, -0.2) is 8.42 Å². The molecule has 2 aromatic carbocycles. The van der Waals surface area contributed by atoms with Crippen LogP contribution in [-0.4, -0.2) is 51.9 Å². The maximum atomic E-state index is 13.6. The molecule has 1 aliphatic rings. The van der Waals surface area contributed by atoms with E-state index in [1.165, 1.54) is 37.3 Å². The van der Waals surface area contributed by atoms with E-state index in [2.05, 4.69) is 0 Å². The molecule has 180 valence electrons. The molecule has 3 rings (SSSR count). The second-order valence-corrected chi connectivity index (χ2v) is 10.3. The highest BCUT2D eigenvalue weighted by Crippen LogP contribution is 2.38. The molecule has 33 heavy (non-hydrogen) atoms. The zero-order chi connectivity index (χ0) is 24.4. The fourth-order valence-electron chi connectivity index (χ4n) is 3.82. The first-order chi connectivity index (χ1) is 15.4. The molecule has 0 bridgehead atoms. The number of anilines is 2. The third-order valence-electron chi connectivity index (χ3n) is 5.52. The van der Waals surface area contributed by atoms with Crippen LogP contribution in [0.4, 0.5) is 24.5 Å². The maximum Gasteiger partial charge on any atom is 0.418 e. The molecule has 0 atom stereocenters. The molecule has 1 saturated heterocycles. The lowest BCUT2D eigenvalue weighted by molar-refractivity contribution is -0.137. The third-order valence-corrected chi connectivity index (χ3v) is 7.32. The maximum absolute atomic E-state index is 13.6. The molecule has 6 nitrogen and oxygen atoms in total. The van der Waals surface area contributed by atoms with Crippen molar-refractivity contribution in [1.82, 2.24) is 4.90 Å². The molecule has 0 aromatic heterocycles. The van der Waals surface area contributed by atoms with E-state index in [1.54, 1.807) is 30.9 Å². The van der Waals surface area contributed by atoms with E-state index in [0.29, 0.717) is 26.2 Å². The Morgan fingerprint density at radius 3 is 2.09 bits per heavy atom. The van der Waals surface area contributed by atoms with Crippen molar-refractivity contribution in [3.63, 3.8) is 0 Å². The van der Waals surface area contributed by atoms with Gasteiger partial charge in [0.15, 0.2) is 0 Å². The number of hydrogen-bond acceptors (Lipinski definition) is 4. The van der Waals surface area contributed by atoms with E-state index in [9.17, 15) is 26.4 Å². The number of sulfonamides is 1. The van der Waals surface area contributed by atoms with Gasteiger partial charge < -0.3 is 9.80 Å².